The fraction of sp³-hybridized carbons (Fsp3) is 0.471. The first-order chi connectivity index (χ1) is 11.8. The van der Waals surface area contributed by atoms with Crippen LogP contribution in [0.2, 0.25) is 0 Å². The van der Waals surface area contributed by atoms with Gasteiger partial charge >= 0.3 is 0 Å². The van der Waals surface area contributed by atoms with Crippen molar-refractivity contribution in [2.75, 3.05) is 19.6 Å². The number of nitrogens with one attached hydrogen (secondary N) is 1. The van der Waals surface area contributed by atoms with E-state index in [2.05, 4.69) is 10.3 Å². The molecule has 1 amide bonds. The van der Waals surface area contributed by atoms with E-state index in [4.69, 9.17) is 16.6 Å². The van der Waals surface area contributed by atoms with E-state index in [1.54, 1.807) is 6.20 Å². The van der Waals surface area contributed by atoms with Crippen molar-refractivity contribution in [2.45, 2.75) is 32.2 Å². The highest BCUT2D eigenvalue weighted by molar-refractivity contribution is 5.96. The van der Waals surface area contributed by atoms with Crippen molar-refractivity contribution in [3.05, 3.63) is 35.3 Å². The van der Waals surface area contributed by atoms with E-state index in [1.165, 1.54) is 5.56 Å². The van der Waals surface area contributed by atoms with Gasteiger partial charge in [0.15, 0.2) is 0 Å². The van der Waals surface area contributed by atoms with Crippen LogP contribution in [-0.4, -0.2) is 40.3 Å². The Morgan fingerprint density at radius 1 is 1.25 bits per heavy atom. The molecule has 0 saturated heterocycles. The molecule has 0 bridgehead atoms. The van der Waals surface area contributed by atoms with Gasteiger partial charge < -0.3 is 16.8 Å². The number of aryl methyl sites for hydroxylation is 2. The van der Waals surface area contributed by atoms with Crippen molar-refractivity contribution in [3.8, 4) is 11.3 Å². The Morgan fingerprint density at radius 2 is 2.08 bits per heavy atom. The van der Waals surface area contributed by atoms with Crippen LogP contribution < -0.4 is 16.8 Å². The summed E-state index contributed by atoms with van der Waals surface area (Å²) in [5.41, 5.74) is 16.0. The van der Waals surface area contributed by atoms with E-state index < -0.39 is 0 Å². The highest BCUT2D eigenvalue weighted by Crippen LogP contribution is 2.34. The molecule has 2 aromatic rings. The van der Waals surface area contributed by atoms with Crippen LogP contribution in [0.1, 0.15) is 34.5 Å². The smallest absolute Gasteiger partial charge is 0.269 e. The Labute approximate surface area is 141 Å². The van der Waals surface area contributed by atoms with E-state index in [0.717, 1.165) is 42.5 Å². The zero-order valence-corrected chi connectivity index (χ0v) is 13.8. The van der Waals surface area contributed by atoms with E-state index in [-0.39, 0.29) is 5.91 Å². The van der Waals surface area contributed by atoms with Gasteiger partial charge in [-0.2, -0.15) is 5.10 Å². The van der Waals surface area contributed by atoms with Crippen LogP contribution in [0.5, 0.6) is 0 Å². The molecule has 2 heterocycles. The molecule has 0 aliphatic heterocycles. The Kier molecular flexibility index (Phi) is 5.22. The SMILES string of the molecule is NCCCNC(=O)c1c2c(nn1CCCN)-c1ccncc1CC2. The maximum Gasteiger partial charge on any atom is 0.269 e. The minimum absolute atomic E-state index is 0.0771. The second-order valence-corrected chi connectivity index (χ2v) is 5.97. The van der Waals surface area contributed by atoms with Gasteiger partial charge in [-0.05, 0) is 50.4 Å². The van der Waals surface area contributed by atoms with Gasteiger partial charge in [-0.1, -0.05) is 0 Å². The number of rotatable bonds is 7. The summed E-state index contributed by atoms with van der Waals surface area (Å²) in [6.45, 7) is 2.35. The molecule has 24 heavy (non-hydrogen) atoms. The van der Waals surface area contributed by atoms with Crippen LogP contribution in [0.3, 0.4) is 0 Å². The van der Waals surface area contributed by atoms with Gasteiger partial charge in [-0.3, -0.25) is 14.5 Å². The van der Waals surface area contributed by atoms with Gasteiger partial charge in [0.2, 0.25) is 0 Å². The van der Waals surface area contributed by atoms with Crippen LogP contribution in [0.25, 0.3) is 11.3 Å². The van der Waals surface area contributed by atoms with E-state index in [9.17, 15) is 4.79 Å². The number of amides is 1. The maximum absolute atomic E-state index is 12.7. The normalized spacial score (nSPS) is 12.6. The molecule has 1 aliphatic rings. The predicted molar refractivity (Wildman–Crippen MR) is 92.5 cm³/mol. The van der Waals surface area contributed by atoms with Crippen molar-refractivity contribution in [1.29, 1.82) is 0 Å². The lowest BCUT2D eigenvalue weighted by molar-refractivity contribution is 0.0941. The predicted octanol–water partition coefficient (Wildman–Crippen LogP) is 0.471. The highest BCUT2D eigenvalue weighted by Gasteiger charge is 2.27. The molecule has 0 aromatic carbocycles. The minimum Gasteiger partial charge on any atom is -0.351 e. The molecule has 128 valence electrons. The van der Waals surface area contributed by atoms with Crippen LogP contribution in [-0.2, 0) is 19.4 Å². The molecule has 2 aromatic heterocycles. The maximum atomic E-state index is 12.7. The number of hydrogen-bond acceptors (Lipinski definition) is 5. The molecule has 5 N–H and O–H groups in total. The number of hydrogen-bond donors (Lipinski definition) is 3. The zero-order valence-electron chi connectivity index (χ0n) is 13.8. The molecule has 0 saturated carbocycles. The number of carbonyl (C=O) groups is 1. The van der Waals surface area contributed by atoms with Gasteiger partial charge in [0, 0.05) is 36.6 Å². The summed E-state index contributed by atoms with van der Waals surface area (Å²) in [5.74, 6) is -0.0771. The summed E-state index contributed by atoms with van der Waals surface area (Å²) in [5, 5.41) is 7.68. The Bertz CT molecular complexity index is 724. The molecule has 0 fully saturated rings. The summed E-state index contributed by atoms with van der Waals surface area (Å²) in [6, 6.07) is 1.98. The standard InChI is InChI=1S/C17H24N6O/c18-6-1-8-21-17(24)16-14-4-3-12-11-20-9-5-13(12)15(14)22-23(16)10-2-7-19/h5,9,11H,1-4,6-8,10,18-19H2,(H,21,24). The lowest BCUT2D eigenvalue weighted by Crippen LogP contribution is -2.29. The molecule has 7 heteroatoms. The van der Waals surface area contributed by atoms with E-state index in [1.807, 2.05) is 16.9 Å². The molecule has 7 nitrogen and oxygen atoms in total. The van der Waals surface area contributed by atoms with Crippen molar-refractivity contribution in [2.24, 2.45) is 11.5 Å². The fourth-order valence-electron chi connectivity index (χ4n) is 3.11. The summed E-state index contributed by atoms with van der Waals surface area (Å²) in [6.07, 6.45) is 6.89. The first kappa shape index (κ1) is 16.6. The number of carbonyl (C=O) groups excluding carboxylic acids is 1. The largest absolute Gasteiger partial charge is 0.351 e. The summed E-state index contributed by atoms with van der Waals surface area (Å²) < 4.78 is 1.81. The molecule has 1 aliphatic carbocycles. The molecule has 0 spiro atoms. The van der Waals surface area contributed by atoms with Gasteiger partial charge in [-0.25, -0.2) is 0 Å². The average Bonchev–Trinajstić information content (AvgIpc) is 2.99. The number of fused-ring (bicyclic) bond motifs is 3. The average molecular weight is 328 g/mol. The third kappa shape index (κ3) is 3.18. The van der Waals surface area contributed by atoms with Gasteiger partial charge in [0.05, 0.1) is 5.69 Å². The summed E-state index contributed by atoms with van der Waals surface area (Å²) in [7, 11) is 0. The highest BCUT2D eigenvalue weighted by atomic mass is 16.2. The molecular weight excluding hydrogens is 304 g/mol. The third-order valence-corrected chi connectivity index (χ3v) is 4.31. The third-order valence-electron chi connectivity index (χ3n) is 4.31. The lowest BCUT2D eigenvalue weighted by Gasteiger charge is -2.15. The topological polar surface area (TPSA) is 112 Å². The van der Waals surface area contributed by atoms with Crippen LogP contribution >= 0.6 is 0 Å². The number of nitrogens with zero attached hydrogens (tertiary/aromatic N) is 3. The molecular formula is C17H24N6O. The monoisotopic (exact) mass is 328 g/mol. The Morgan fingerprint density at radius 3 is 2.88 bits per heavy atom. The van der Waals surface area contributed by atoms with Crippen molar-refractivity contribution in [1.82, 2.24) is 20.1 Å². The fourth-order valence-corrected chi connectivity index (χ4v) is 3.11. The summed E-state index contributed by atoms with van der Waals surface area (Å²) in [4.78, 5) is 16.9. The second-order valence-electron chi connectivity index (χ2n) is 5.97. The lowest BCUT2D eigenvalue weighted by atomic mass is 9.90. The first-order valence-corrected chi connectivity index (χ1v) is 8.47. The van der Waals surface area contributed by atoms with E-state index >= 15 is 0 Å². The Hall–Kier alpha value is -2.25. The molecule has 0 unspecified atom stereocenters. The van der Waals surface area contributed by atoms with Crippen LogP contribution in [0.15, 0.2) is 18.5 Å². The van der Waals surface area contributed by atoms with Crippen molar-refractivity contribution < 1.29 is 4.79 Å². The Balaban J connectivity index is 1.98. The molecule has 0 radical (unpaired) electrons. The quantitative estimate of drug-likeness (QED) is 0.640. The van der Waals surface area contributed by atoms with Crippen LogP contribution in [0, 0.1) is 0 Å². The van der Waals surface area contributed by atoms with Crippen molar-refractivity contribution in [3.63, 3.8) is 0 Å². The zero-order chi connectivity index (χ0) is 16.9. The second kappa shape index (κ2) is 7.55. The summed E-state index contributed by atoms with van der Waals surface area (Å²) >= 11 is 0. The minimum atomic E-state index is -0.0771. The van der Waals surface area contributed by atoms with Gasteiger partial charge in [0.25, 0.3) is 5.91 Å². The number of nitrogens with two attached hydrogens (primary N) is 2. The molecule has 3 rings (SSSR count). The number of pyridine rings is 1. The van der Waals surface area contributed by atoms with Gasteiger partial charge in [-0.15, -0.1) is 0 Å². The van der Waals surface area contributed by atoms with E-state index in [0.29, 0.717) is 31.9 Å². The molecule has 0 atom stereocenters. The number of aromatic nitrogens is 3. The van der Waals surface area contributed by atoms with Gasteiger partial charge in [0.1, 0.15) is 5.69 Å². The first-order valence-electron chi connectivity index (χ1n) is 8.47. The van der Waals surface area contributed by atoms with Crippen molar-refractivity contribution >= 4 is 5.91 Å². The van der Waals surface area contributed by atoms with Crippen LogP contribution in [0.4, 0.5) is 0 Å².